The molecule has 49 heteroatoms. The van der Waals surface area contributed by atoms with Gasteiger partial charge in [0.15, 0.2) is 0 Å². The summed E-state index contributed by atoms with van der Waals surface area (Å²) in [4.78, 5) is 123. The van der Waals surface area contributed by atoms with E-state index in [4.69, 9.17) is 61.3 Å². The Morgan fingerprint density at radius 1 is 0.219 bits per heavy atom. The lowest BCUT2D eigenvalue weighted by Crippen LogP contribution is -2.20. The molecule has 12 atom stereocenters. The second kappa shape index (κ2) is 103. The third-order valence-electron chi connectivity index (χ3n) is 23.5. The van der Waals surface area contributed by atoms with Crippen LogP contribution in [-0.2, 0) is 67.4 Å². The normalized spacial score (nSPS) is 22.9. The molecule has 12 aliphatic rings. The zero-order chi connectivity index (χ0) is 107. The Labute approximate surface area is 965 Å². The zero-order valence-corrected chi connectivity index (χ0v) is 105. The Bertz CT molecular complexity index is 3160. The molecule has 12 fully saturated rings. The van der Waals surface area contributed by atoms with Crippen LogP contribution in [0.2, 0.25) is 0 Å². The lowest BCUT2D eigenvalue weighted by atomic mass is 10.0. The Balaban J connectivity index is 0.000000797. The molecule has 12 rings (SSSR count). The minimum atomic E-state index is -0.720. The predicted octanol–water partition coefficient (Wildman–Crippen LogP) is 32.3. The Hall–Kier alpha value is 1.84. The van der Waals surface area contributed by atoms with E-state index in [1.54, 1.807) is 39.3 Å². The van der Waals surface area contributed by atoms with Crippen LogP contribution >= 0.6 is 248 Å². The van der Waals surface area contributed by atoms with E-state index >= 15 is 0 Å². The molecule has 12 aliphatic heterocycles. The first-order valence-electron chi connectivity index (χ1n) is 52.0. The van der Waals surface area contributed by atoms with Crippen molar-refractivity contribution < 1.29 is 123 Å². The van der Waals surface area contributed by atoms with Crippen LogP contribution < -0.4 is 0 Å². The molecule has 0 aromatic rings. The molecule has 0 saturated carbocycles. The smallest absolute Gasteiger partial charge is 0.307 e. The number of aliphatic carboxylic acids is 12. The van der Waals surface area contributed by atoms with Crippen LogP contribution in [0, 0.1) is 23.7 Å². The van der Waals surface area contributed by atoms with Gasteiger partial charge in [-0.05, 0) is 236 Å². The molecule has 146 heavy (non-hydrogen) atoms. The summed E-state index contributed by atoms with van der Waals surface area (Å²) in [5.41, 5.74) is 0. The number of hydrogen-bond acceptors (Lipinski definition) is 36. The van der Waals surface area contributed by atoms with Crippen molar-refractivity contribution in [1.82, 2.24) is 0 Å². The highest BCUT2D eigenvalue weighted by atomic mass is 33.1. The quantitative estimate of drug-likeness (QED) is 0.0199. The number of carboxylic acids is 12. The molecule has 12 N–H and O–H groups in total. The summed E-state index contributed by atoms with van der Waals surface area (Å²) < 4.78 is 11.0. The summed E-state index contributed by atoms with van der Waals surface area (Å²) in [7, 11) is 43.6. The second-order valence-electron chi connectivity index (χ2n) is 36.6. The molecule has 0 aromatic carbocycles. The molecule has 0 bridgehead atoms. The van der Waals surface area contributed by atoms with E-state index in [9.17, 15) is 61.7 Å². The van der Waals surface area contributed by atoms with Gasteiger partial charge in [0.2, 0.25) is 0 Å². The summed E-state index contributed by atoms with van der Waals surface area (Å²) in [6, 6.07) is 0. The fraction of sp³-hybridized carbons (Fsp3) is 0.876. The van der Waals surface area contributed by atoms with Gasteiger partial charge >= 0.3 is 71.6 Å². The van der Waals surface area contributed by atoms with Crippen molar-refractivity contribution in [3.63, 3.8) is 0 Å². The summed E-state index contributed by atoms with van der Waals surface area (Å²) in [6.45, 7) is 1.78. The van der Waals surface area contributed by atoms with Gasteiger partial charge in [0, 0.05) is 204 Å². The molecule has 12 saturated heterocycles. The number of rotatable bonds is 57. The Kier molecular flexibility index (Phi) is 103. The van der Waals surface area contributed by atoms with Gasteiger partial charge in [-0.3, -0.25) is 57.5 Å². The zero-order valence-electron chi connectivity index (χ0n) is 85.2. The van der Waals surface area contributed by atoms with Crippen molar-refractivity contribution in [2.24, 2.45) is 23.7 Å². The standard InChI is InChI=1S/C11H20O2S2.2C9H16O2S2.C8H14O3S2.5C8H14O2S2.2C7H12O2S2.C6H10O2S2/c12-11(13)8-4-2-1-3-6-10-7-5-9-14-15-10;10-9(11)6-2-1-4-8-5-3-7-12-13-8;10-9(11)5-3-1-2-4-8-6-7-12-13-8;9-8(10)4-2-1-3-7-5-6-13(11)12-7;9-8(10)3-1-2-7-4-5-11-12-6-7;9-8(10)4-2-1-3-7-5-11-12-6-7;3*9-8(10)4-2-1-3-7-5-6-11-12-7;8-7(9)3-1-2-6-4-10-11-5-6;8-7(9)3-1-2-6-4-5-10-11-6;1-4(6(7)8)5-2-3-9-10-5/h10H,1-9H2,(H,12,13);2*8H,1-7H2,(H,10,11);7H,1-6H2,(H,9,10);5*7H,1-6H2,(H,9,10);2*6H,1-5H2,(H,8,9);4-5H,2-3H2,1H3,(H,7,8)/t;;;7-,13?;;;2*7-;;;;/m...1..10..../s1. The summed E-state index contributed by atoms with van der Waals surface area (Å²) in [5.74, 6) is 12.5. The lowest BCUT2D eigenvalue weighted by Gasteiger charge is -2.19. The van der Waals surface area contributed by atoms with Gasteiger partial charge in [0.25, 0.3) is 0 Å². The van der Waals surface area contributed by atoms with Gasteiger partial charge in [0.05, 0.1) is 15.7 Å². The van der Waals surface area contributed by atoms with Gasteiger partial charge in [-0.2, -0.15) is 0 Å². The average Bonchev–Trinajstić information content (AvgIpc) is 1.80. The van der Waals surface area contributed by atoms with E-state index in [2.05, 4.69) is 10.8 Å². The fourth-order valence-electron chi connectivity index (χ4n) is 14.9. The van der Waals surface area contributed by atoms with Crippen LogP contribution in [0.3, 0.4) is 0 Å². The lowest BCUT2D eigenvalue weighted by molar-refractivity contribution is -0.141. The highest BCUT2D eigenvalue weighted by Gasteiger charge is 2.29. The molecular weight excluding hydrogens is 2330 g/mol. The third-order valence-corrected chi connectivity index (χ3v) is 59.2. The minimum Gasteiger partial charge on any atom is -0.481 e. The molecule has 9 unspecified atom stereocenters. The molecule has 25 nitrogen and oxygen atoms in total. The van der Waals surface area contributed by atoms with E-state index in [0.29, 0.717) is 74.7 Å². The van der Waals surface area contributed by atoms with Crippen LogP contribution in [0.15, 0.2) is 0 Å². The second-order valence-corrected chi connectivity index (χ2v) is 70.1. The van der Waals surface area contributed by atoms with Gasteiger partial charge < -0.3 is 61.3 Å². The maximum atomic E-state index is 11.0. The van der Waals surface area contributed by atoms with E-state index < -0.39 is 81.5 Å². The van der Waals surface area contributed by atoms with Crippen molar-refractivity contribution in [2.45, 2.75) is 414 Å². The number of unbranched alkanes of at least 4 members (excludes halogenated alkanes) is 11. The summed E-state index contributed by atoms with van der Waals surface area (Å²) in [6.07, 6.45) is 53.2. The SMILES string of the molecule is CC(C(=O)O)C1CCSS1.O=C(O)CCCC1CCSS1.O=C(O)CCCC1CCSSC1.O=C(O)CCCC1CSSC1.O=C(O)CCCCC1CCCSS1.O=C(O)CCCCC1CCSS1.O=C(O)CCCCC1CSSC1.O=C(O)CCCCCC1CCSS1.O=C(O)CCCCCCC1CCCSS1.O=C(O)CCCC[C@@H]1CCS(=O)S1.O=C(O)CCCC[C@@H]1CCSS1.O=C(O)CCCC[C@H]1CCSS1. The van der Waals surface area contributed by atoms with E-state index in [1.807, 2.05) is 205 Å². The monoisotopic (exact) mass is 2500 g/mol. The topological polar surface area (TPSA) is 465 Å². The van der Waals surface area contributed by atoms with Crippen molar-refractivity contribution in [1.29, 1.82) is 0 Å². The van der Waals surface area contributed by atoms with Crippen molar-refractivity contribution in [3.05, 3.63) is 0 Å². The molecule has 852 valence electrons. The van der Waals surface area contributed by atoms with Crippen LogP contribution in [-0.4, -0.2) is 271 Å². The maximum absolute atomic E-state index is 11.0. The highest BCUT2D eigenvalue weighted by Crippen LogP contribution is 2.47. The highest BCUT2D eigenvalue weighted by molar-refractivity contribution is 8.80. The first-order valence-corrected chi connectivity index (χ1v) is 81.2. The fourth-order valence-corrected chi connectivity index (χ4v) is 51.3. The Morgan fingerprint density at radius 3 is 0.705 bits per heavy atom. The summed E-state index contributed by atoms with van der Waals surface area (Å²) in [5, 5.41) is 108. The molecule has 0 amide bonds. The van der Waals surface area contributed by atoms with Crippen LogP contribution in [0.4, 0.5) is 0 Å². The van der Waals surface area contributed by atoms with Crippen molar-refractivity contribution in [3.8, 4) is 0 Å². The first-order chi connectivity index (χ1) is 70.3. The molecule has 0 aliphatic carbocycles. The molecular formula is C97H170O25S24. The van der Waals surface area contributed by atoms with E-state index in [1.165, 1.54) is 203 Å². The number of carbonyl (C=O) groups is 12. The number of carboxylic acid groups (broad SMARTS) is 12. The van der Waals surface area contributed by atoms with Gasteiger partial charge in [0.1, 0.15) is 0 Å². The van der Waals surface area contributed by atoms with Crippen molar-refractivity contribution >= 4 is 330 Å². The van der Waals surface area contributed by atoms with Gasteiger partial charge in [-0.25, -0.2) is 4.21 Å². The average molecular weight is 2510 g/mol. The number of hydrogen-bond donors (Lipinski definition) is 12. The van der Waals surface area contributed by atoms with Crippen LogP contribution in [0.5, 0.6) is 0 Å². The van der Waals surface area contributed by atoms with E-state index in [0.717, 1.165) is 227 Å². The predicted molar refractivity (Wildman–Crippen MR) is 660 cm³/mol. The maximum Gasteiger partial charge on any atom is 0.307 e. The minimum absolute atomic E-state index is 0.181. The Morgan fingerprint density at radius 2 is 0.438 bits per heavy atom. The largest absolute Gasteiger partial charge is 0.481 e. The molecule has 12 heterocycles. The van der Waals surface area contributed by atoms with Gasteiger partial charge in [-0.1, -0.05) is 326 Å². The summed E-state index contributed by atoms with van der Waals surface area (Å²) >= 11 is 0. The molecule has 0 aromatic heterocycles. The molecule has 0 radical (unpaired) electrons. The third kappa shape index (κ3) is 99.0. The van der Waals surface area contributed by atoms with Crippen molar-refractivity contribution in [2.75, 3.05) is 86.3 Å². The van der Waals surface area contributed by atoms with Gasteiger partial charge in [-0.15, -0.1) is 0 Å². The van der Waals surface area contributed by atoms with Crippen LogP contribution in [0.1, 0.15) is 366 Å². The van der Waals surface area contributed by atoms with E-state index in [-0.39, 0.29) is 12.3 Å². The van der Waals surface area contributed by atoms with Crippen LogP contribution in [0.25, 0.3) is 0 Å². The first kappa shape index (κ1) is 146. The molecule has 0 spiro atoms.